The Morgan fingerprint density at radius 2 is 0.893 bits per heavy atom. The van der Waals surface area contributed by atoms with E-state index in [-0.39, 0.29) is 0 Å². The number of thiophene rings is 1. The molecule has 11 rings (SSSR count). The van der Waals surface area contributed by atoms with E-state index < -0.39 is 0 Å². The van der Waals surface area contributed by atoms with Gasteiger partial charge in [0, 0.05) is 31.5 Å². The zero-order valence-electron chi connectivity index (χ0n) is 30.6. The van der Waals surface area contributed by atoms with E-state index in [9.17, 15) is 0 Å². The van der Waals surface area contributed by atoms with Gasteiger partial charge in [0.25, 0.3) is 0 Å². The minimum atomic E-state index is 1.12. The SMILES string of the molecule is c1cc(-c2cccc(N(c3ccc(-c4ccc5c(ccc6ccccc65)c4)cc3)c3cccc4sc5ccccc5c34)c2)cc(-c2cccc3ccccc23)c1. The summed E-state index contributed by atoms with van der Waals surface area (Å²) in [5.74, 6) is 0. The van der Waals surface area contributed by atoms with Gasteiger partial charge in [0.1, 0.15) is 0 Å². The van der Waals surface area contributed by atoms with E-state index in [0.717, 1.165) is 11.4 Å². The maximum atomic E-state index is 2.44. The molecular weight excluding hydrogens is 695 g/mol. The summed E-state index contributed by atoms with van der Waals surface area (Å²) in [4.78, 5) is 2.44. The van der Waals surface area contributed by atoms with Crippen molar-refractivity contribution in [2.24, 2.45) is 0 Å². The fraction of sp³-hybridized carbons (Fsp3) is 0. The van der Waals surface area contributed by atoms with Crippen LogP contribution in [0.5, 0.6) is 0 Å². The summed E-state index contributed by atoms with van der Waals surface area (Å²) in [5.41, 5.74) is 10.6. The second-order valence-electron chi connectivity index (χ2n) is 14.5. The highest BCUT2D eigenvalue weighted by atomic mass is 32.1. The summed E-state index contributed by atoms with van der Waals surface area (Å²) < 4.78 is 2.58. The average Bonchev–Trinajstić information content (AvgIpc) is 3.66. The smallest absolute Gasteiger partial charge is 0.0554 e. The van der Waals surface area contributed by atoms with Crippen LogP contribution in [0.25, 0.3) is 85.9 Å². The summed E-state index contributed by atoms with van der Waals surface area (Å²) in [5, 5.41) is 10.2. The van der Waals surface area contributed by atoms with Crippen molar-refractivity contribution in [3.8, 4) is 33.4 Å². The van der Waals surface area contributed by atoms with Crippen LogP contribution in [0.2, 0.25) is 0 Å². The number of nitrogens with zero attached hydrogens (tertiary/aromatic N) is 1. The first-order valence-electron chi connectivity index (χ1n) is 19.2. The van der Waals surface area contributed by atoms with E-state index in [0.29, 0.717) is 0 Å². The van der Waals surface area contributed by atoms with Gasteiger partial charge >= 0.3 is 0 Å². The molecule has 0 fully saturated rings. The van der Waals surface area contributed by atoms with E-state index in [1.807, 2.05) is 11.3 Å². The van der Waals surface area contributed by atoms with Crippen LogP contribution in [0, 0.1) is 0 Å². The summed E-state index contributed by atoms with van der Waals surface area (Å²) in [7, 11) is 0. The van der Waals surface area contributed by atoms with Crippen molar-refractivity contribution in [2.75, 3.05) is 4.90 Å². The molecular formula is C54H35NS. The van der Waals surface area contributed by atoms with Gasteiger partial charge in [-0.2, -0.15) is 0 Å². The molecule has 56 heavy (non-hydrogen) atoms. The molecule has 0 radical (unpaired) electrons. The maximum absolute atomic E-state index is 2.44. The van der Waals surface area contributed by atoms with Gasteiger partial charge in [-0.1, -0.05) is 158 Å². The third kappa shape index (κ3) is 5.54. The fourth-order valence-electron chi connectivity index (χ4n) is 8.53. The van der Waals surface area contributed by atoms with Crippen LogP contribution in [0.15, 0.2) is 212 Å². The molecule has 262 valence electrons. The molecule has 0 aliphatic heterocycles. The Kier molecular flexibility index (Phi) is 7.75. The second kappa shape index (κ2) is 13.4. The molecule has 2 heteroatoms. The quantitative estimate of drug-likeness (QED) is 0.154. The molecule has 1 aromatic heterocycles. The van der Waals surface area contributed by atoms with Crippen LogP contribution >= 0.6 is 11.3 Å². The van der Waals surface area contributed by atoms with E-state index in [2.05, 4.69) is 217 Å². The Morgan fingerprint density at radius 1 is 0.304 bits per heavy atom. The lowest BCUT2D eigenvalue weighted by Gasteiger charge is -2.27. The molecule has 0 aliphatic rings. The Labute approximate surface area is 330 Å². The molecule has 0 spiro atoms. The van der Waals surface area contributed by atoms with Crippen molar-refractivity contribution in [2.45, 2.75) is 0 Å². The van der Waals surface area contributed by atoms with Gasteiger partial charge in [-0.25, -0.2) is 0 Å². The Bertz CT molecular complexity index is 3260. The normalized spacial score (nSPS) is 11.6. The predicted octanol–water partition coefficient (Wildman–Crippen LogP) is 16.0. The van der Waals surface area contributed by atoms with Crippen molar-refractivity contribution >= 4 is 80.9 Å². The van der Waals surface area contributed by atoms with Gasteiger partial charge in [-0.15, -0.1) is 11.3 Å². The lowest BCUT2D eigenvalue weighted by atomic mass is 9.95. The van der Waals surface area contributed by atoms with Crippen molar-refractivity contribution in [1.29, 1.82) is 0 Å². The van der Waals surface area contributed by atoms with Gasteiger partial charge in [0.05, 0.1) is 5.69 Å². The van der Waals surface area contributed by atoms with Crippen LogP contribution < -0.4 is 4.90 Å². The van der Waals surface area contributed by atoms with Crippen molar-refractivity contribution < 1.29 is 0 Å². The Hall–Kier alpha value is -7.00. The summed E-state index contributed by atoms with van der Waals surface area (Å²) >= 11 is 1.86. The lowest BCUT2D eigenvalue weighted by Crippen LogP contribution is -2.10. The Balaban J connectivity index is 1.04. The van der Waals surface area contributed by atoms with E-state index in [4.69, 9.17) is 0 Å². The first-order chi connectivity index (χ1) is 27.7. The number of fused-ring (bicyclic) bond motifs is 7. The standard InChI is InChI=1S/C54H35NS/c1-3-18-46-37(11-1)13-9-21-48(46)42-16-7-14-39(33-42)40-15-8-17-45(35-40)55(51-22-10-24-53-54(51)50-20-5-6-23-52(50)56-53)44-30-27-36(28-31-44)41-29-32-49-43(34-41)26-25-38-12-2-4-19-47(38)49/h1-35H. The molecule has 10 aromatic carbocycles. The van der Waals surface area contributed by atoms with E-state index in [1.165, 1.54) is 91.6 Å². The minimum absolute atomic E-state index is 1.12. The van der Waals surface area contributed by atoms with Crippen LogP contribution in [0.4, 0.5) is 17.1 Å². The molecule has 0 unspecified atom stereocenters. The van der Waals surface area contributed by atoms with Gasteiger partial charge in [-0.3, -0.25) is 0 Å². The van der Waals surface area contributed by atoms with Gasteiger partial charge in [-0.05, 0) is 120 Å². The second-order valence-corrected chi connectivity index (χ2v) is 15.6. The molecule has 0 atom stereocenters. The molecule has 1 nitrogen and oxygen atoms in total. The van der Waals surface area contributed by atoms with Gasteiger partial charge in [0.2, 0.25) is 0 Å². The molecule has 0 amide bonds. The average molecular weight is 730 g/mol. The zero-order chi connectivity index (χ0) is 37.0. The summed E-state index contributed by atoms with van der Waals surface area (Å²) in [6.07, 6.45) is 0. The van der Waals surface area contributed by atoms with Crippen molar-refractivity contribution in [3.63, 3.8) is 0 Å². The third-order valence-electron chi connectivity index (χ3n) is 11.2. The fourth-order valence-corrected chi connectivity index (χ4v) is 9.66. The topological polar surface area (TPSA) is 3.24 Å². The molecule has 11 aromatic rings. The van der Waals surface area contributed by atoms with Crippen LogP contribution in [0.3, 0.4) is 0 Å². The first-order valence-corrected chi connectivity index (χ1v) is 20.0. The minimum Gasteiger partial charge on any atom is -0.310 e. The molecule has 0 saturated heterocycles. The van der Waals surface area contributed by atoms with Gasteiger partial charge in [0.15, 0.2) is 0 Å². The zero-order valence-corrected chi connectivity index (χ0v) is 31.4. The number of benzene rings is 10. The molecule has 0 bridgehead atoms. The summed E-state index contributed by atoms with van der Waals surface area (Å²) in [6.45, 7) is 0. The van der Waals surface area contributed by atoms with Crippen LogP contribution in [-0.2, 0) is 0 Å². The predicted molar refractivity (Wildman–Crippen MR) is 243 cm³/mol. The number of rotatable bonds is 6. The first kappa shape index (κ1) is 32.4. The van der Waals surface area contributed by atoms with E-state index >= 15 is 0 Å². The van der Waals surface area contributed by atoms with Gasteiger partial charge < -0.3 is 4.90 Å². The highest BCUT2D eigenvalue weighted by molar-refractivity contribution is 7.26. The van der Waals surface area contributed by atoms with Crippen LogP contribution in [0.1, 0.15) is 0 Å². The van der Waals surface area contributed by atoms with Crippen molar-refractivity contribution in [3.05, 3.63) is 212 Å². The molecule has 1 heterocycles. The number of anilines is 3. The largest absolute Gasteiger partial charge is 0.310 e. The van der Waals surface area contributed by atoms with Crippen LogP contribution in [-0.4, -0.2) is 0 Å². The number of hydrogen-bond donors (Lipinski definition) is 0. The van der Waals surface area contributed by atoms with Crippen molar-refractivity contribution in [1.82, 2.24) is 0 Å². The molecule has 0 aliphatic carbocycles. The molecule has 0 N–H and O–H groups in total. The maximum Gasteiger partial charge on any atom is 0.0554 e. The third-order valence-corrected chi connectivity index (χ3v) is 12.4. The van der Waals surface area contributed by atoms with E-state index in [1.54, 1.807) is 0 Å². The Morgan fingerprint density at radius 3 is 1.77 bits per heavy atom. The lowest BCUT2D eigenvalue weighted by molar-refractivity contribution is 1.30. The summed E-state index contributed by atoms with van der Waals surface area (Å²) in [6, 6.07) is 77.8. The molecule has 0 saturated carbocycles. The highest BCUT2D eigenvalue weighted by Crippen LogP contribution is 2.46. The highest BCUT2D eigenvalue weighted by Gasteiger charge is 2.19. The number of hydrogen-bond acceptors (Lipinski definition) is 2. The monoisotopic (exact) mass is 729 g/mol.